The summed E-state index contributed by atoms with van der Waals surface area (Å²) in [6, 6.07) is 12.3. The number of aromatic nitrogens is 1. The molecule has 88 valence electrons. The fourth-order valence-electron chi connectivity index (χ4n) is 2.02. The van der Waals surface area contributed by atoms with E-state index in [-0.39, 0.29) is 12.5 Å². The number of benzene rings is 1. The second-order valence-corrected chi connectivity index (χ2v) is 4.36. The Morgan fingerprint density at radius 2 is 2.12 bits per heavy atom. The first-order chi connectivity index (χ1) is 8.29. The Bertz CT molecular complexity index is 467. The van der Waals surface area contributed by atoms with Gasteiger partial charge in [-0.2, -0.15) is 0 Å². The molecule has 0 radical (unpaired) electrons. The molecule has 1 atom stereocenters. The second-order valence-electron chi connectivity index (χ2n) is 4.36. The molecule has 0 aliphatic carbocycles. The number of hydrogen-bond donors (Lipinski definition) is 1. The van der Waals surface area contributed by atoms with Crippen molar-refractivity contribution in [3.63, 3.8) is 0 Å². The molecule has 0 amide bonds. The van der Waals surface area contributed by atoms with E-state index < -0.39 is 0 Å². The van der Waals surface area contributed by atoms with Gasteiger partial charge in [-0.05, 0) is 30.5 Å². The molecule has 0 aliphatic heterocycles. The van der Waals surface area contributed by atoms with E-state index in [1.807, 2.05) is 24.4 Å². The molecule has 0 aliphatic rings. The number of aliphatic hydroxyl groups excluding tert-OH is 1. The molecule has 0 saturated carbocycles. The summed E-state index contributed by atoms with van der Waals surface area (Å²) in [5.74, 6) is 0.152. The van der Waals surface area contributed by atoms with Gasteiger partial charge >= 0.3 is 0 Å². The summed E-state index contributed by atoms with van der Waals surface area (Å²) in [6.45, 7) is 2.24. The van der Waals surface area contributed by atoms with Gasteiger partial charge in [0.15, 0.2) is 0 Å². The topological polar surface area (TPSA) is 33.1 Å². The van der Waals surface area contributed by atoms with Crippen LogP contribution in [0.15, 0.2) is 48.8 Å². The summed E-state index contributed by atoms with van der Waals surface area (Å²) in [6.07, 6.45) is 4.45. The number of rotatable bonds is 4. The predicted octanol–water partition coefficient (Wildman–Crippen LogP) is 2.71. The van der Waals surface area contributed by atoms with E-state index in [4.69, 9.17) is 0 Å². The molecular weight excluding hydrogens is 210 g/mol. The van der Waals surface area contributed by atoms with Gasteiger partial charge in [0.1, 0.15) is 0 Å². The van der Waals surface area contributed by atoms with Gasteiger partial charge in [0.25, 0.3) is 0 Å². The molecule has 17 heavy (non-hydrogen) atoms. The van der Waals surface area contributed by atoms with E-state index >= 15 is 0 Å². The van der Waals surface area contributed by atoms with Crippen LogP contribution < -0.4 is 0 Å². The minimum Gasteiger partial charge on any atom is -0.396 e. The van der Waals surface area contributed by atoms with Gasteiger partial charge in [-0.1, -0.05) is 35.9 Å². The SMILES string of the molecule is Cc1cccc(C(CO)Cc2cccnc2)c1. The minimum absolute atomic E-state index is 0.152. The van der Waals surface area contributed by atoms with E-state index in [9.17, 15) is 5.11 Å². The van der Waals surface area contributed by atoms with Crippen molar-refractivity contribution < 1.29 is 5.11 Å². The predicted molar refractivity (Wildman–Crippen MR) is 68.9 cm³/mol. The summed E-state index contributed by atoms with van der Waals surface area (Å²) < 4.78 is 0. The fraction of sp³-hybridized carbons (Fsp3) is 0.267. The van der Waals surface area contributed by atoms with Crippen LogP contribution >= 0.6 is 0 Å². The highest BCUT2D eigenvalue weighted by Crippen LogP contribution is 2.20. The Kier molecular flexibility index (Phi) is 3.89. The van der Waals surface area contributed by atoms with Crippen molar-refractivity contribution in [1.82, 2.24) is 4.98 Å². The molecule has 0 bridgehead atoms. The lowest BCUT2D eigenvalue weighted by molar-refractivity contribution is 0.264. The van der Waals surface area contributed by atoms with Crippen LogP contribution in [0.4, 0.5) is 0 Å². The summed E-state index contributed by atoms with van der Waals surface area (Å²) >= 11 is 0. The van der Waals surface area contributed by atoms with E-state index in [0.717, 1.165) is 12.0 Å². The van der Waals surface area contributed by atoms with Gasteiger partial charge in [-0.3, -0.25) is 4.98 Å². The van der Waals surface area contributed by atoms with E-state index in [2.05, 4.69) is 30.1 Å². The van der Waals surface area contributed by atoms with Crippen LogP contribution in [0.3, 0.4) is 0 Å². The van der Waals surface area contributed by atoms with Crippen LogP contribution in [0.1, 0.15) is 22.6 Å². The molecule has 0 saturated heterocycles. The van der Waals surface area contributed by atoms with Crippen molar-refractivity contribution in [3.05, 3.63) is 65.5 Å². The lowest BCUT2D eigenvalue weighted by atomic mass is 9.92. The molecule has 2 heteroatoms. The van der Waals surface area contributed by atoms with Crippen LogP contribution in [0.2, 0.25) is 0 Å². The van der Waals surface area contributed by atoms with E-state index in [0.29, 0.717) is 0 Å². The lowest BCUT2D eigenvalue weighted by Gasteiger charge is -2.15. The molecule has 1 aromatic heterocycles. The normalized spacial score (nSPS) is 12.4. The van der Waals surface area contributed by atoms with E-state index in [1.165, 1.54) is 11.1 Å². The quantitative estimate of drug-likeness (QED) is 0.871. The number of nitrogens with zero attached hydrogens (tertiary/aromatic N) is 1. The summed E-state index contributed by atoms with van der Waals surface area (Å²) in [7, 11) is 0. The molecule has 1 heterocycles. The van der Waals surface area contributed by atoms with E-state index in [1.54, 1.807) is 6.20 Å². The van der Waals surface area contributed by atoms with Gasteiger partial charge in [-0.15, -0.1) is 0 Å². The van der Waals surface area contributed by atoms with Crippen molar-refractivity contribution in [2.24, 2.45) is 0 Å². The summed E-state index contributed by atoms with van der Waals surface area (Å²) in [5.41, 5.74) is 3.58. The molecule has 2 aromatic rings. The molecular formula is C15H17NO. The monoisotopic (exact) mass is 227 g/mol. The molecule has 0 fully saturated rings. The van der Waals surface area contributed by atoms with Gasteiger partial charge < -0.3 is 5.11 Å². The van der Waals surface area contributed by atoms with Crippen molar-refractivity contribution in [1.29, 1.82) is 0 Å². The third kappa shape index (κ3) is 3.14. The van der Waals surface area contributed by atoms with Crippen molar-refractivity contribution >= 4 is 0 Å². The van der Waals surface area contributed by atoms with Crippen LogP contribution in [-0.2, 0) is 6.42 Å². The van der Waals surface area contributed by atoms with Crippen LogP contribution in [0.5, 0.6) is 0 Å². The molecule has 2 nitrogen and oxygen atoms in total. The first-order valence-corrected chi connectivity index (χ1v) is 5.86. The lowest BCUT2D eigenvalue weighted by Crippen LogP contribution is -2.08. The average Bonchev–Trinajstić information content (AvgIpc) is 2.37. The van der Waals surface area contributed by atoms with Crippen LogP contribution in [0, 0.1) is 6.92 Å². The Balaban J connectivity index is 2.17. The molecule has 1 N–H and O–H groups in total. The zero-order valence-electron chi connectivity index (χ0n) is 10.0. The fourth-order valence-corrected chi connectivity index (χ4v) is 2.02. The first-order valence-electron chi connectivity index (χ1n) is 5.86. The van der Waals surface area contributed by atoms with Crippen LogP contribution in [0.25, 0.3) is 0 Å². The maximum Gasteiger partial charge on any atom is 0.0502 e. The Morgan fingerprint density at radius 3 is 2.76 bits per heavy atom. The zero-order valence-corrected chi connectivity index (χ0v) is 10.0. The molecule has 1 unspecified atom stereocenters. The second kappa shape index (κ2) is 5.60. The maximum absolute atomic E-state index is 9.51. The third-order valence-corrected chi connectivity index (χ3v) is 2.94. The Hall–Kier alpha value is -1.67. The highest BCUT2D eigenvalue weighted by atomic mass is 16.3. The van der Waals surface area contributed by atoms with Crippen molar-refractivity contribution in [2.75, 3.05) is 6.61 Å². The average molecular weight is 227 g/mol. The number of pyridine rings is 1. The maximum atomic E-state index is 9.51. The van der Waals surface area contributed by atoms with Gasteiger partial charge in [0.05, 0.1) is 6.61 Å². The standard InChI is InChI=1S/C15H17NO/c1-12-4-2-6-14(8-12)15(11-17)9-13-5-3-7-16-10-13/h2-8,10,15,17H,9,11H2,1H3. The number of aliphatic hydroxyl groups is 1. The Labute approximate surface area is 102 Å². The third-order valence-electron chi connectivity index (χ3n) is 2.94. The largest absolute Gasteiger partial charge is 0.396 e. The van der Waals surface area contributed by atoms with Crippen LogP contribution in [-0.4, -0.2) is 16.7 Å². The summed E-state index contributed by atoms with van der Waals surface area (Å²) in [4.78, 5) is 4.10. The van der Waals surface area contributed by atoms with Gasteiger partial charge in [0.2, 0.25) is 0 Å². The number of hydrogen-bond acceptors (Lipinski definition) is 2. The first kappa shape index (κ1) is 11.8. The minimum atomic E-state index is 0.152. The highest BCUT2D eigenvalue weighted by Gasteiger charge is 2.11. The molecule has 1 aromatic carbocycles. The summed E-state index contributed by atoms with van der Waals surface area (Å²) in [5, 5.41) is 9.51. The van der Waals surface area contributed by atoms with Gasteiger partial charge in [-0.25, -0.2) is 0 Å². The van der Waals surface area contributed by atoms with Gasteiger partial charge in [0, 0.05) is 18.3 Å². The molecule has 0 spiro atoms. The highest BCUT2D eigenvalue weighted by molar-refractivity contribution is 5.27. The molecule has 2 rings (SSSR count). The van der Waals surface area contributed by atoms with Crippen molar-refractivity contribution in [3.8, 4) is 0 Å². The zero-order chi connectivity index (χ0) is 12.1. The van der Waals surface area contributed by atoms with Crippen molar-refractivity contribution in [2.45, 2.75) is 19.3 Å². The Morgan fingerprint density at radius 1 is 1.24 bits per heavy atom. The number of aryl methyl sites for hydroxylation is 1. The smallest absolute Gasteiger partial charge is 0.0502 e.